The molecule has 3 aromatic rings. The zero-order chi connectivity index (χ0) is 18.1. The second-order valence-electron chi connectivity index (χ2n) is 5.61. The first-order valence-corrected chi connectivity index (χ1v) is 8.00. The molecule has 0 saturated heterocycles. The van der Waals surface area contributed by atoms with Crippen LogP contribution in [-0.4, -0.2) is 21.0 Å². The van der Waals surface area contributed by atoms with Crippen LogP contribution >= 0.6 is 11.6 Å². The second kappa shape index (κ2) is 6.84. The minimum absolute atomic E-state index is 0.0132. The van der Waals surface area contributed by atoms with Gasteiger partial charge in [-0.1, -0.05) is 18.5 Å². The highest BCUT2D eigenvalue weighted by Gasteiger charge is 2.23. The van der Waals surface area contributed by atoms with Gasteiger partial charge in [-0.3, -0.25) is 0 Å². The molecule has 1 atom stereocenters. The molecule has 2 heterocycles. The summed E-state index contributed by atoms with van der Waals surface area (Å²) in [7, 11) is 0. The Bertz CT molecular complexity index is 926. The summed E-state index contributed by atoms with van der Waals surface area (Å²) < 4.78 is 42.0. The van der Waals surface area contributed by atoms with Gasteiger partial charge in [-0.05, 0) is 13.3 Å². The summed E-state index contributed by atoms with van der Waals surface area (Å²) in [5, 5.41) is 3.46. The van der Waals surface area contributed by atoms with Gasteiger partial charge in [0.15, 0.2) is 5.65 Å². The summed E-state index contributed by atoms with van der Waals surface area (Å²) in [4.78, 5) is 12.2. The minimum atomic E-state index is -1.07. The lowest BCUT2D eigenvalue weighted by Gasteiger charge is -2.18. The first kappa shape index (κ1) is 17.4. The Morgan fingerprint density at radius 2 is 1.84 bits per heavy atom. The molecule has 2 aromatic heterocycles. The molecule has 8 heteroatoms. The molecule has 1 aromatic carbocycles. The molecule has 0 radical (unpaired) electrons. The van der Waals surface area contributed by atoms with Crippen LogP contribution in [0.4, 0.5) is 19.0 Å². The van der Waals surface area contributed by atoms with Crippen molar-refractivity contribution in [3.05, 3.63) is 47.1 Å². The Morgan fingerprint density at radius 1 is 1.16 bits per heavy atom. The Labute approximate surface area is 147 Å². The van der Waals surface area contributed by atoms with E-state index >= 15 is 0 Å². The molecule has 25 heavy (non-hydrogen) atoms. The number of anilines is 1. The minimum Gasteiger partial charge on any atom is -0.367 e. The van der Waals surface area contributed by atoms with E-state index in [-0.39, 0.29) is 28.1 Å². The fourth-order valence-corrected chi connectivity index (χ4v) is 2.73. The first-order chi connectivity index (χ1) is 11.9. The largest absolute Gasteiger partial charge is 0.367 e. The van der Waals surface area contributed by atoms with Crippen molar-refractivity contribution in [1.29, 1.82) is 0 Å². The van der Waals surface area contributed by atoms with E-state index in [9.17, 15) is 13.2 Å². The maximum atomic E-state index is 14.4. The molecular weight excluding hydrogens is 353 g/mol. The molecule has 0 aliphatic heterocycles. The Balaban J connectivity index is 2.36. The van der Waals surface area contributed by atoms with E-state index in [0.29, 0.717) is 17.5 Å². The summed E-state index contributed by atoms with van der Waals surface area (Å²) in [6, 6.07) is 1.18. The van der Waals surface area contributed by atoms with Gasteiger partial charge in [-0.25, -0.2) is 28.1 Å². The summed E-state index contributed by atoms with van der Waals surface area (Å²) in [6.07, 6.45) is 3.46. The van der Waals surface area contributed by atoms with E-state index < -0.39 is 23.0 Å². The van der Waals surface area contributed by atoms with Crippen LogP contribution in [-0.2, 0) is 0 Å². The number of pyridine rings is 1. The van der Waals surface area contributed by atoms with E-state index in [1.807, 2.05) is 13.8 Å². The van der Waals surface area contributed by atoms with Gasteiger partial charge in [-0.2, -0.15) is 0 Å². The normalized spacial score (nSPS) is 12.4. The number of benzene rings is 1. The van der Waals surface area contributed by atoms with Crippen molar-refractivity contribution in [2.24, 2.45) is 0 Å². The Morgan fingerprint density at radius 3 is 2.48 bits per heavy atom. The van der Waals surface area contributed by atoms with E-state index in [1.165, 1.54) is 12.5 Å². The van der Waals surface area contributed by atoms with E-state index in [2.05, 4.69) is 20.3 Å². The van der Waals surface area contributed by atoms with E-state index in [1.54, 1.807) is 0 Å². The van der Waals surface area contributed by atoms with Crippen LogP contribution in [0.5, 0.6) is 0 Å². The molecule has 0 aliphatic carbocycles. The third-order valence-electron chi connectivity index (χ3n) is 3.85. The second-order valence-corrected chi connectivity index (χ2v) is 5.99. The van der Waals surface area contributed by atoms with E-state index in [0.717, 1.165) is 6.42 Å². The van der Waals surface area contributed by atoms with Crippen LogP contribution < -0.4 is 5.32 Å². The number of aromatic nitrogens is 3. The van der Waals surface area contributed by atoms with Gasteiger partial charge in [0.1, 0.15) is 29.6 Å². The number of halogens is 4. The van der Waals surface area contributed by atoms with Gasteiger partial charge < -0.3 is 5.32 Å². The Hall–Kier alpha value is -2.41. The summed E-state index contributed by atoms with van der Waals surface area (Å²) in [5.74, 6) is -2.97. The quantitative estimate of drug-likeness (QED) is 0.708. The highest BCUT2D eigenvalue weighted by atomic mass is 35.5. The van der Waals surface area contributed by atoms with Gasteiger partial charge >= 0.3 is 0 Å². The molecule has 0 aliphatic rings. The fraction of sp³-hybridized carbons (Fsp3) is 0.235. The summed E-state index contributed by atoms with van der Waals surface area (Å²) in [6.45, 7) is 3.84. The average molecular weight is 367 g/mol. The fourth-order valence-electron chi connectivity index (χ4n) is 2.42. The molecule has 0 fully saturated rings. The number of hydrogen-bond acceptors (Lipinski definition) is 4. The molecule has 4 nitrogen and oxygen atoms in total. The standard InChI is InChI=1S/C17H14ClF3N4/c1-3-8(2)24-17-14(13-11(20)4-9(19)5-12(13)21)15(18)10-6-22-7-23-16(10)25-17/h4-8H,3H2,1-2H3,(H,22,23,24,25). The average Bonchev–Trinajstić information content (AvgIpc) is 2.56. The highest BCUT2D eigenvalue weighted by Crippen LogP contribution is 2.40. The molecule has 0 spiro atoms. The molecule has 1 N–H and O–H groups in total. The maximum absolute atomic E-state index is 14.4. The monoisotopic (exact) mass is 366 g/mol. The topological polar surface area (TPSA) is 50.7 Å². The zero-order valence-corrected chi connectivity index (χ0v) is 14.2. The van der Waals surface area contributed by atoms with Crippen molar-refractivity contribution in [2.75, 3.05) is 5.32 Å². The zero-order valence-electron chi connectivity index (χ0n) is 13.4. The maximum Gasteiger partial charge on any atom is 0.166 e. The molecule has 0 bridgehead atoms. The lowest BCUT2D eigenvalue weighted by Crippen LogP contribution is -2.16. The summed E-state index contributed by atoms with van der Waals surface area (Å²) in [5.41, 5.74) is -0.146. The van der Waals surface area contributed by atoms with Crippen LogP contribution in [0.2, 0.25) is 5.02 Å². The van der Waals surface area contributed by atoms with E-state index in [4.69, 9.17) is 11.6 Å². The number of fused-ring (bicyclic) bond motifs is 1. The third-order valence-corrected chi connectivity index (χ3v) is 4.25. The van der Waals surface area contributed by atoms with Crippen LogP contribution in [0.15, 0.2) is 24.7 Å². The molecule has 0 amide bonds. The van der Waals surface area contributed by atoms with Crippen LogP contribution in [0.25, 0.3) is 22.2 Å². The number of hydrogen-bond donors (Lipinski definition) is 1. The SMILES string of the molecule is CCC(C)Nc1nc2ncncc2c(Cl)c1-c1c(F)cc(F)cc1F. The number of nitrogens with one attached hydrogen (secondary N) is 1. The van der Waals surface area contributed by atoms with Crippen molar-refractivity contribution in [3.63, 3.8) is 0 Å². The van der Waals surface area contributed by atoms with Crippen molar-refractivity contribution >= 4 is 28.5 Å². The predicted octanol–water partition coefficient (Wildman–Crippen LogP) is 4.97. The highest BCUT2D eigenvalue weighted by molar-refractivity contribution is 6.38. The van der Waals surface area contributed by atoms with Crippen molar-refractivity contribution < 1.29 is 13.2 Å². The molecule has 0 saturated carbocycles. The predicted molar refractivity (Wildman–Crippen MR) is 91.0 cm³/mol. The van der Waals surface area contributed by atoms with Gasteiger partial charge in [0.25, 0.3) is 0 Å². The number of rotatable bonds is 4. The van der Waals surface area contributed by atoms with Gasteiger partial charge in [0, 0.05) is 29.9 Å². The molecule has 1 unspecified atom stereocenters. The van der Waals surface area contributed by atoms with Gasteiger partial charge in [0.2, 0.25) is 0 Å². The van der Waals surface area contributed by atoms with Crippen LogP contribution in [0.1, 0.15) is 20.3 Å². The van der Waals surface area contributed by atoms with Crippen molar-refractivity contribution in [1.82, 2.24) is 15.0 Å². The number of nitrogens with zero attached hydrogens (tertiary/aromatic N) is 3. The van der Waals surface area contributed by atoms with Gasteiger partial charge in [0.05, 0.1) is 16.0 Å². The molecule has 130 valence electrons. The van der Waals surface area contributed by atoms with Crippen LogP contribution in [0.3, 0.4) is 0 Å². The first-order valence-electron chi connectivity index (χ1n) is 7.63. The Kier molecular flexibility index (Phi) is 4.76. The molecule has 3 rings (SSSR count). The summed E-state index contributed by atoms with van der Waals surface area (Å²) >= 11 is 6.40. The lowest BCUT2D eigenvalue weighted by atomic mass is 10.0. The third kappa shape index (κ3) is 3.24. The van der Waals surface area contributed by atoms with Gasteiger partial charge in [-0.15, -0.1) is 0 Å². The van der Waals surface area contributed by atoms with Crippen molar-refractivity contribution in [2.45, 2.75) is 26.3 Å². The van der Waals surface area contributed by atoms with Crippen LogP contribution in [0, 0.1) is 17.5 Å². The molecular formula is C17H14ClF3N4. The smallest absolute Gasteiger partial charge is 0.166 e. The lowest BCUT2D eigenvalue weighted by molar-refractivity contribution is 0.548. The van der Waals surface area contributed by atoms with Crippen molar-refractivity contribution in [3.8, 4) is 11.1 Å².